The number of cyclic esters (lactones) is 1. The standard InChI is InChI=1S/C22H37N3O5/c1-22(2,3)30-21(28)24-20-23-18(26)15-13-11-9-7-5-6-8-10-12-14-16-29-19(27)17-25(20)4/h8,10H,5-7,9,11-17H2,1-4H3,(H,23,24,26,28)/b10-8+/i4D3. The van der Waals surface area contributed by atoms with Gasteiger partial charge >= 0.3 is 12.1 Å². The molecule has 0 aliphatic carbocycles. The Morgan fingerprint density at radius 2 is 1.80 bits per heavy atom. The van der Waals surface area contributed by atoms with Crippen LogP contribution in [0.15, 0.2) is 17.1 Å². The number of allylic oxidation sites excluding steroid dienone is 2. The number of carbonyl (C=O) groups is 3. The summed E-state index contributed by atoms with van der Waals surface area (Å²) in [5.74, 6) is -1.87. The zero-order chi connectivity index (χ0) is 24.9. The van der Waals surface area contributed by atoms with E-state index in [2.05, 4.69) is 16.4 Å². The van der Waals surface area contributed by atoms with Gasteiger partial charge in [0.1, 0.15) is 12.1 Å². The molecule has 0 spiro atoms. The van der Waals surface area contributed by atoms with Crippen molar-refractivity contribution >= 4 is 23.9 Å². The maximum absolute atomic E-state index is 12.5. The highest BCUT2D eigenvalue weighted by Crippen LogP contribution is 2.10. The largest absolute Gasteiger partial charge is 0.464 e. The summed E-state index contributed by atoms with van der Waals surface area (Å²) in [6, 6.07) is 0. The van der Waals surface area contributed by atoms with E-state index < -0.39 is 43.1 Å². The second-order valence-corrected chi connectivity index (χ2v) is 8.19. The molecule has 0 aromatic rings. The summed E-state index contributed by atoms with van der Waals surface area (Å²) in [7, 11) is 0. The van der Waals surface area contributed by atoms with E-state index >= 15 is 0 Å². The van der Waals surface area contributed by atoms with Crippen LogP contribution in [0, 0.1) is 0 Å². The minimum absolute atomic E-state index is 0.128. The van der Waals surface area contributed by atoms with E-state index in [4.69, 9.17) is 13.6 Å². The van der Waals surface area contributed by atoms with Crippen molar-refractivity contribution < 1.29 is 28.0 Å². The molecule has 0 radical (unpaired) electrons. The molecule has 0 bridgehead atoms. The van der Waals surface area contributed by atoms with Gasteiger partial charge in [0.15, 0.2) is 0 Å². The number of likely N-dealkylation sites (N-methyl/N-ethyl adjacent to an activating group) is 1. The van der Waals surface area contributed by atoms with Crippen molar-refractivity contribution in [2.45, 2.75) is 84.2 Å². The smallest absolute Gasteiger partial charge is 0.437 e. The lowest BCUT2D eigenvalue weighted by Gasteiger charge is -2.22. The number of aliphatic imine (C=N–C) groups is 1. The van der Waals surface area contributed by atoms with Gasteiger partial charge in [-0.3, -0.25) is 14.9 Å². The molecule has 1 rings (SSSR count). The van der Waals surface area contributed by atoms with E-state index in [0.29, 0.717) is 17.7 Å². The number of guanidine groups is 1. The summed E-state index contributed by atoms with van der Waals surface area (Å²) in [6.07, 6.45) is 10.1. The monoisotopic (exact) mass is 426 g/mol. The number of hydrogen-bond acceptors (Lipinski definition) is 5. The molecule has 170 valence electrons. The van der Waals surface area contributed by atoms with Crippen molar-refractivity contribution in [2.24, 2.45) is 4.99 Å². The number of carbonyl (C=O) groups excluding carboxylic acids is 3. The third-order valence-electron chi connectivity index (χ3n) is 4.10. The van der Waals surface area contributed by atoms with Gasteiger partial charge in [0.25, 0.3) is 0 Å². The van der Waals surface area contributed by atoms with Crippen molar-refractivity contribution in [2.75, 3.05) is 20.1 Å². The van der Waals surface area contributed by atoms with Crippen molar-refractivity contribution in [3.63, 3.8) is 0 Å². The maximum Gasteiger partial charge on any atom is 0.437 e. The first-order chi connectivity index (χ1) is 15.4. The number of esters is 1. The summed E-state index contributed by atoms with van der Waals surface area (Å²) >= 11 is 0. The summed E-state index contributed by atoms with van der Waals surface area (Å²) in [5, 5.41) is 2.38. The van der Waals surface area contributed by atoms with Crippen LogP contribution in [0.25, 0.3) is 0 Å². The fraction of sp³-hybridized carbons (Fsp3) is 0.727. The van der Waals surface area contributed by atoms with E-state index in [1.165, 1.54) is 0 Å². The topological polar surface area (TPSA) is 97.3 Å². The molecule has 0 atom stereocenters. The van der Waals surface area contributed by atoms with Gasteiger partial charge in [0, 0.05) is 17.5 Å². The van der Waals surface area contributed by atoms with Crippen molar-refractivity contribution in [3.05, 3.63) is 12.2 Å². The number of ether oxygens (including phenoxy) is 2. The van der Waals surface area contributed by atoms with E-state index in [9.17, 15) is 14.4 Å². The summed E-state index contributed by atoms with van der Waals surface area (Å²) in [6.45, 7) is 1.43. The number of hydrogen-bond donors (Lipinski definition) is 1. The average molecular weight is 427 g/mol. The molecular formula is C22H37N3O5. The molecule has 0 aromatic carbocycles. The highest BCUT2D eigenvalue weighted by molar-refractivity contribution is 6.01. The SMILES string of the molecule is [2H]C([2H])([2H])N1CC(=O)OCCC/C=C/CCCCCCCC(=O)N/C1=N/C(=O)OC(C)(C)C. The molecule has 0 fully saturated rings. The van der Waals surface area contributed by atoms with Crippen LogP contribution in [0.1, 0.15) is 82.7 Å². The van der Waals surface area contributed by atoms with Gasteiger partial charge in [0.05, 0.1) is 6.61 Å². The molecule has 1 N–H and O–H groups in total. The predicted octanol–water partition coefficient (Wildman–Crippen LogP) is 3.95. The van der Waals surface area contributed by atoms with Crippen LogP contribution in [0.5, 0.6) is 0 Å². The number of nitrogens with one attached hydrogen (secondary N) is 1. The molecule has 0 saturated heterocycles. The fourth-order valence-corrected chi connectivity index (χ4v) is 2.66. The quantitative estimate of drug-likeness (QED) is 0.465. The van der Waals surface area contributed by atoms with Crippen LogP contribution in [-0.2, 0) is 19.1 Å². The Hall–Kier alpha value is -2.38. The first kappa shape index (κ1) is 20.9. The van der Waals surface area contributed by atoms with E-state index in [1.807, 2.05) is 6.08 Å². The number of nitrogens with zero attached hydrogens (tertiary/aromatic N) is 2. The lowest BCUT2D eigenvalue weighted by Crippen LogP contribution is -2.45. The molecule has 1 aliphatic rings. The molecule has 8 heteroatoms. The molecule has 2 amide bonds. The molecule has 8 nitrogen and oxygen atoms in total. The Labute approximate surface area is 184 Å². The van der Waals surface area contributed by atoms with E-state index in [1.54, 1.807) is 20.8 Å². The number of rotatable bonds is 0. The van der Waals surface area contributed by atoms with Crippen molar-refractivity contribution in [1.29, 1.82) is 0 Å². The minimum Gasteiger partial charge on any atom is -0.464 e. The molecule has 30 heavy (non-hydrogen) atoms. The Bertz CT molecular complexity index is 715. The van der Waals surface area contributed by atoms with Crippen LogP contribution in [0.2, 0.25) is 0 Å². The van der Waals surface area contributed by atoms with Crippen LogP contribution >= 0.6 is 0 Å². The predicted molar refractivity (Wildman–Crippen MR) is 116 cm³/mol. The normalized spacial score (nSPS) is 23.5. The van der Waals surface area contributed by atoms with Gasteiger partial charge in [-0.2, -0.15) is 0 Å². The van der Waals surface area contributed by atoms with Gasteiger partial charge in [-0.25, -0.2) is 4.79 Å². The highest BCUT2D eigenvalue weighted by Gasteiger charge is 2.20. The third-order valence-corrected chi connectivity index (χ3v) is 4.10. The summed E-state index contributed by atoms with van der Waals surface area (Å²) in [5.41, 5.74) is -0.877. The summed E-state index contributed by atoms with van der Waals surface area (Å²) < 4.78 is 33.7. The van der Waals surface area contributed by atoms with Gasteiger partial charge in [-0.15, -0.1) is 4.99 Å². The van der Waals surface area contributed by atoms with Gasteiger partial charge in [-0.05, 0) is 52.9 Å². The number of amides is 2. The zero-order valence-corrected chi connectivity index (χ0v) is 18.4. The highest BCUT2D eigenvalue weighted by atomic mass is 16.6. The van der Waals surface area contributed by atoms with Crippen LogP contribution in [0.4, 0.5) is 4.79 Å². The van der Waals surface area contributed by atoms with Crippen LogP contribution in [-0.4, -0.2) is 54.6 Å². The lowest BCUT2D eigenvalue weighted by molar-refractivity contribution is -0.144. The average Bonchev–Trinajstić information content (AvgIpc) is 2.66. The van der Waals surface area contributed by atoms with Gasteiger partial charge < -0.3 is 14.4 Å². The fourth-order valence-electron chi connectivity index (χ4n) is 2.66. The zero-order valence-electron chi connectivity index (χ0n) is 21.4. The van der Waals surface area contributed by atoms with E-state index in [0.717, 1.165) is 38.5 Å². The molecule has 1 heterocycles. The lowest BCUT2D eigenvalue weighted by atomic mass is 10.1. The van der Waals surface area contributed by atoms with Crippen molar-refractivity contribution in [3.8, 4) is 0 Å². The van der Waals surface area contributed by atoms with E-state index in [-0.39, 0.29) is 13.0 Å². The minimum atomic E-state index is -2.87. The Morgan fingerprint density at radius 1 is 1.13 bits per heavy atom. The molecular weight excluding hydrogens is 386 g/mol. The Morgan fingerprint density at radius 3 is 2.50 bits per heavy atom. The molecule has 1 aliphatic heterocycles. The third kappa shape index (κ3) is 13.0. The molecule has 0 saturated carbocycles. The van der Waals surface area contributed by atoms with Crippen LogP contribution in [0.3, 0.4) is 0 Å². The molecule has 0 aromatic heterocycles. The summed E-state index contributed by atoms with van der Waals surface area (Å²) in [4.78, 5) is 41.3. The first-order valence-corrected chi connectivity index (χ1v) is 10.6. The van der Waals surface area contributed by atoms with Crippen LogP contribution < -0.4 is 5.32 Å². The maximum atomic E-state index is 12.5. The molecule has 0 unspecified atom stereocenters. The Kier molecular flexibility index (Phi) is 9.58. The van der Waals surface area contributed by atoms with Gasteiger partial charge in [0.2, 0.25) is 11.9 Å². The second-order valence-electron chi connectivity index (χ2n) is 8.19. The second kappa shape index (κ2) is 13.8. The van der Waals surface area contributed by atoms with Gasteiger partial charge in [-0.1, -0.05) is 31.4 Å². The Balaban J connectivity index is 3.10. The van der Waals surface area contributed by atoms with Crippen molar-refractivity contribution in [1.82, 2.24) is 10.2 Å². The first-order valence-electron chi connectivity index (χ1n) is 12.1.